The Balaban J connectivity index is 2.06. The molecule has 7 nitrogen and oxygen atoms in total. The highest BCUT2D eigenvalue weighted by Crippen LogP contribution is 2.25. The summed E-state index contributed by atoms with van der Waals surface area (Å²) in [4.78, 5) is 12.4. The van der Waals surface area contributed by atoms with Gasteiger partial charge in [-0.05, 0) is 32.0 Å². The number of rotatable bonds is 8. The summed E-state index contributed by atoms with van der Waals surface area (Å²) in [6, 6.07) is 4.65. The second kappa shape index (κ2) is 8.65. The molecule has 1 amide bonds. The van der Waals surface area contributed by atoms with Crippen molar-refractivity contribution in [3.05, 3.63) is 40.9 Å². The Kier molecular flexibility index (Phi) is 6.57. The normalized spacial score (nSPS) is 12.0. The summed E-state index contributed by atoms with van der Waals surface area (Å²) in [6.07, 6.45) is 1.62. The molecule has 1 N–H and O–H groups in total. The van der Waals surface area contributed by atoms with Gasteiger partial charge in [0.05, 0.1) is 24.3 Å². The zero-order valence-corrected chi connectivity index (χ0v) is 14.7. The van der Waals surface area contributed by atoms with Gasteiger partial charge in [0.1, 0.15) is 12.1 Å². The fraction of sp³-hybridized carbons (Fsp3) is 0.438. The quantitative estimate of drug-likeness (QED) is 0.789. The molecule has 1 aromatic carbocycles. The van der Waals surface area contributed by atoms with Crippen molar-refractivity contribution in [1.29, 1.82) is 0 Å². The lowest BCUT2D eigenvalue weighted by molar-refractivity contribution is 0.0937. The SMILES string of the molecule is CCOc1ccc(C(=O)NC(C)c2nncn2CCOC)cc1Cl. The molecule has 2 aromatic rings. The van der Waals surface area contributed by atoms with E-state index in [1.165, 1.54) is 0 Å². The lowest BCUT2D eigenvalue weighted by Gasteiger charge is -2.15. The van der Waals surface area contributed by atoms with Crippen molar-refractivity contribution in [2.75, 3.05) is 20.3 Å². The molecule has 0 aliphatic rings. The minimum absolute atomic E-state index is 0.242. The number of methoxy groups -OCH3 is 1. The average molecular weight is 353 g/mol. The molecule has 0 spiro atoms. The molecule has 0 bridgehead atoms. The van der Waals surface area contributed by atoms with Crippen LogP contribution in [-0.2, 0) is 11.3 Å². The van der Waals surface area contributed by atoms with Crippen LogP contribution in [0.2, 0.25) is 5.02 Å². The highest BCUT2D eigenvalue weighted by Gasteiger charge is 2.17. The summed E-state index contributed by atoms with van der Waals surface area (Å²) in [7, 11) is 1.63. The molecular weight excluding hydrogens is 332 g/mol. The molecule has 0 fully saturated rings. The van der Waals surface area contributed by atoms with E-state index >= 15 is 0 Å². The molecule has 0 aliphatic heterocycles. The van der Waals surface area contributed by atoms with Gasteiger partial charge < -0.3 is 19.4 Å². The molecule has 130 valence electrons. The molecule has 8 heteroatoms. The summed E-state index contributed by atoms with van der Waals surface area (Å²) in [5.41, 5.74) is 0.457. The maximum absolute atomic E-state index is 12.4. The van der Waals surface area contributed by atoms with Crippen LogP contribution in [0.1, 0.15) is 36.1 Å². The fourth-order valence-electron chi connectivity index (χ4n) is 2.22. The van der Waals surface area contributed by atoms with E-state index in [-0.39, 0.29) is 11.9 Å². The van der Waals surface area contributed by atoms with Crippen molar-refractivity contribution >= 4 is 17.5 Å². The molecule has 1 aromatic heterocycles. The zero-order valence-electron chi connectivity index (χ0n) is 14.0. The minimum atomic E-state index is -0.304. The summed E-state index contributed by atoms with van der Waals surface area (Å²) in [5.74, 6) is 0.981. The minimum Gasteiger partial charge on any atom is -0.492 e. The van der Waals surface area contributed by atoms with E-state index in [0.29, 0.717) is 41.9 Å². The van der Waals surface area contributed by atoms with Gasteiger partial charge in [-0.2, -0.15) is 0 Å². The van der Waals surface area contributed by atoms with E-state index in [2.05, 4.69) is 15.5 Å². The molecule has 2 rings (SSSR count). The number of hydrogen-bond donors (Lipinski definition) is 1. The first-order valence-electron chi connectivity index (χ1n) is 7.66. The van der Waals surface area contributed by atoms with Crippen LogP contribution in [0.5, 0.6) is 5.75 Å². The van der Waals surface area contributed by atoms with Gasteiger partial charge in [0.25, 0.3) is 5.91 Å². The first-order chi connectivity index (χ1) is 11.6. The number of halogens is 1. The van der Waals surface area contributed by atoms with E-state index in [4.69, 9.17) is 21.1 Å². The van der Waals surface area contributed by atoms with Gasteiger partial charge in [-0.15, -0.1) is 10.2 Å². The maximum atomic E-state index is 12.4. The second-order valence-corrected chi connectivity index (χ2v) is 5.56. The molecule has 0 saturated carbocycles. The molecule has 0 aliphatic carbocycles. The average Bonchev–Trinajstić information content (AvgIpc) is 3.03. The van der Waals surface area contributed by atoms with Crippen LogP contribution in [-0.4, -0.2) is 41.0 Å². The summed E-state index contributed by atoms with van der Waals surface area (Å²) in [5, 5.41) is 11.3. The lowest BCUT2D eigenvalue weighted by atomic mass is 10.2. The Morgan fingerprint density at radius 3 is 2.92 bits per heavy atom. The topological polar surface area (TPSA) is 78.3 Å². The van der Waals surface area contributed by atoms with Gasteiger partial charge in [0.2, 0.25) is 0 Å². The lowest BCUT2D eigenvalue weighted by Crippen LogP contribution is -2.29. The highest BCUT2D eigenvalue weighted by atomic mass is 35.5. The number of hydrogen-bond acceptors (Lipinski definition) is 5. The van der Waals surface area contributed by atoms with Gasteiger partial charge in [-0.1, -0.05) is 11.6 Å². The zero-order chi connectivity index (χ0) is 17.5. The van der Waals surface area contributed by atoms with Gasteiger partial charge in [-0.25, -0.2) is 0 Å². The van der Waals surface area contributed by atoms with Crippen LogP contribution in [0.4, 0.5) is 0 Å². The van der Waals surface area contributed by atoms with Gasteiger partial charge in [0.15, 0.2) is 5.82 Å². The highest BCUT2D eigenvalue weighted by molar-refractivity contribution is 6.32. The number of nitrogens with one attached hydrogen (secondary N) is 1. The van der Waals surface area contributed by atoms with Crippen LogP contribution in [0, 0.1) is 0 Å². The monoisotopic (exact) mass is 352 g/mol. The molecule has 24 heavy (non-hydrogen) atoms. The molecule has 0 saturated heterocycles. The number of nitrogens with zero attached hydrogens (tertiary/aromatic N) is 3. The number of aromatic nitrogens is 3. The van der Waals surface area contributed by atoms with E-state index in [1.807, 2.05) is 18.4 Å². The number of benzene rings is 1. The number of amides is 1. The molecule has 1 atom stereocenters. The van der Waals surface area contributed by atoms with Crippen molar-refractivity contribution in [1.82, 2.24) is 20.1 Å². The summed E-state index contributed by atoms with van der Waals surface area (Å²) < 4.78 is 12.3. The van der Waals surface area contributed by atoms with E-state index < -0.39 is 0 Å². The fourth-order valence-corrected chi connectivity index (χ4v) is 2.46. The van der Waals surface area contributed by atoms with Gasteiger partial charge in [0, 0.05) is 19.2 Å². The largest absolute Gasteiger partial charge is 0.492 e. The van der Waals surface area contributed by atoms with Crippen LogP contribution in [0.25, 0.3) is 0 Å². The standard InChI is InChI=1S/C16H21ClN4O3/c1-4-24-14-6-5-12(9-13(14)17)16(22)19-11(2)15-20-18-10-21(15)7-8-23-3/h5-6,9-11H,4,7-8H2,1-3H3,(H,19,22). The predicted molar refractivity (Wildman–Crippen MR) is 90.4 cm³/mol. The molecule has 0 radical (unpaired) electrons. The van der Waals surface area contributed by atoms with Crippen LogP contribution >= 0.6 is 11.6 Å². The first-order valence-corrected chi connectivity index (χ1v) is 8.04. The van der Waals surface area contributed by atoms with Crippen LogP contribution < -0.4 is 10.1 Å². The Labute approximate surface area is 145 Å². The van der Waals surface area contributed by atoms with Crippen molar-refractivity contribution in [2.45, 2.75) is 26.4 Å². The molecule has 1 unspecified atom stereocenters. The second-order valence-electron chi connectivity index (χ2n) is 5.15. The number of ether oxygens (including phenoxy) is 2. The third-order valence-corrected chi connectivity index (χ3v) is 3.71. The Morgan fingerprint density at radius 2 is 2.25 bits per heavy atom. The number of carbonyl (C=O) groups is 1. The van der Waals surface area contributed by atoms with E-state index in [0.717, 1.165) is 0 Å². The molecular formula is C16H21ClN4O3. The van der Waals surface area contributed by atoms with Crippen molar-refractivity contribution < 1.29 is 14.3 Å². The Morgan fingerprint density at radius 1 is 1.46 bits per heavy atom. The van der Waals surface area contributed by atoms with Gasteiger partial charge >= 0.3 is 0 Å². The van der Waals surface area contributed by atoms with Crippen molar-refractivity contribution in [3.63, 3.8) is 0 Å². The number of carbonyl (C=O) groups excluding carboxylic acids is 1. The van der Waals surface area contributed by atoms with Crippen LogP contribution in [0.15, 0.2) is 24.5 Å². The summed E-state index contributed by atoms with van der Waals surface area (Å²) >= 11 is 6.13. The third kappa shape index (κ3) is 4.46. The van der Waals surface area contributed by atoms with Crippen molar-refractivity contribution in [3.8, 4) is 5.75 Å². The Bertz CT molecular complexity index is 690. The van der Waals surface area contributed by atoms with E-state index in [9.17, 15) is 4.79 Å². The van der Waals surface area contributed by atoms with E-state index in [1.54, 1.807) is 31.6 Å². The Hall–Kier alpha value is -2.12. The first kappa shape index (κ1) is 18.2. The molecule has 1 heterocycles. The smallest absolute Gasteiger partial charge is 0.251 e. The van der Waals surface area contributed by atoms with Crippen LogP contribution in [0.3, 0.4) is 0 Å². The third-order valence-electron chi connectivity index (χ3n) is 3.41. The summed E-state index contributed by atoms with van der Waals surface area (Å²) in [6.45, 7) is 5.40. The van der Waals surface area contributed by atoms with Gasteiger partial charge in [-0.3, -0.25) is 4.79 Å². The predicted octanol–water partition coefficient (Wildman–Crippen LogP) is 2.47. The maximum Gasteiger partial charge on any atom is 0.251 e. The van der Waals surface area contributed by atoms with Crippen molar-refractivity contribution in [2.24, 2.45) is 0 Å².